The summed E-state index contributed by atoms with van der Waals surface area (Å²) >= 11 is 0. The smallest absolute Gasteiger partial charge is 0.324 e. The first-order valence-corrected chi connectivity index (χ1v) is 10.1. The van der Waals surface area contributed by atoms with Crippen molar-refractivity contribution in [3.05, 3.63) is 48.0 Å². The maximum Gasteiger partial charge on any atom is 0.324 e. The number of hydrogen-bond acceptors (Lipinski definition) is 4. The number of aromatic nitrogens is 3. The number of para-hydroxylation sites is 2. The van der Waals surface area contributed by atoms with Gasteiger partial charge in [-0.3, -0.25) is 9.47 Å². The molecule has 0 spiro atoms. The number of benzene rings is 1. The number of carbonyl (C=O) groups is 1. The van der Waals surface area contributed by atoms with Gasteiger partial charge < -0.3 is 9.42 Å². The lowest BCUT2D eigenvalue weighted by molar-refractivity contribution is 0.214. The lowest BCUT2D eigenvalue weighted by Crippen LogP contribution is -2.43. The van der Waals surface area contributed by atoms with E-state index in [4.69, 9.17) is 4.52 Å². The van der Waals surface area contributed by atoms with Crippen LogP contribution in [0.4, 0.5) is 10.5 Å². The number of carbonyl (C=O) groups excluding carboxylic acids is 1. The van der Waals surface area contributed by atoms with Crippen molar-refractivity contribution in [1.82, 2.24) is 19.6 Å². The van der Waals surface area contributed by atoms with Crippen LogP contribution >= 0.6 is 0 Å². The monoisotopic (exact) mass is 391 g/mol. The van der Waals surface area contributed by atoms with Gasteiger partial charge in [0.25, 0.3) is 0 Å². The summed E-state index contributed by atoms with van der Waals surface area (Å²) in [5.41, 5.74) is 4.32. The van der Waals surface area contributed by atoms with E-state index in [9.17, 15) is 4.79 Å². The summed E-state index contributed by atoms with van der Waals surface area (Å²) in [6.07, 6.45) is 3.94. The van der Waals surface area contributed by atoms with Crippen LogP contribution in [0.5, 0.6) is 0 Å². The molecule has 2 amide bonds. The van der Waals surface area contributed by atoms with Crippen LogP contribution < -0.4 is 4.90 Å². The molecule has 5 rings (SSSR count). The molecule has 4 heterocycles. The molecule has 7 nitrogen and oxygen atoms in total. The first kappa shape index (κ1) is 18.0. The van der Waals surface area contributed by atoms with Gasteiger partial charge in [0.05, 0.1) is 29.3 Å². The van der Waals surface area contributed by atoms with E-state index in [0.29, 0.717) is 12.3 Å². The van der Waals surface area contributed by atoms with Crippen LogP contribution in [0.1, 0.15) is 45.0 Å². The van der Waals surface area contributed by atoms with E-state index in [2.05, 4.69) is 35.5 Å². The topological polar surface area (TPSA) is 67.4 Å². The third-order valence-electron chi connectivity index (χ3n) is 5.73. The molecule has 29 heavy (non-hydrogen) atoms. The number of likely N-dealkylation sites (tertiary alicyclic amines) is 1. The van der Waals surface area contributed by atoms with Crippen LogP contribution in [-0.2, 0) is 12.0 Å². The van der Waals surface area contributed by atoms with Crippen LogP contribution in [0, 0.1) is 0 Å². The van der Waals surface area contributed by atoms with Crippen molar-refractivity contribution < 1.29 is 9.32 Å². The summed E-state index contributed by atoms with van der Waals surface area (Å²) in [4.78, 5) is 21.7. The highest BCUT2D eigenvalue weighted by Gasteiger charge is 2.33. The summed E-state index contributed by atoms with van der Waals surface area (Å²) in [6.45, 7) is 8.40. The summed E-state index contributed by atoms with van der Waals surface area (Å²) in [7, 11) is 0. The Labute approximate surface area is 169 Å². The summed E-state index contributed by atoms with van der Waals surface area (Å²) < 4.78 is 7.70. The number of urea groups is 1. The minimum atomic E-state index is -0.105. The summed E-state index contributed by atoms with van der Waals surface area (Å²) in [6, 6.07) is 9.99. The molecule has 1 fully saturated rings. The molecule has 0 atom stereocenters. The highest BCUT2D eigenvalue weighted by Crippen LogP contribution is 2.37. The number of anilines is 1. The Bertz CT molecular complexity index is 1070. The molecule has 0 radical (unpaired) electrons. The highest BCUT2D eigenvalue weighted by atomic mass is 16.5. The van der Waals surface area contributed by atoms with E-state index >= 15 is 0 Å². The van der Waals surface area contributed by atoms with Crippen molar-refractivity contribution in [3.63, 3.8) is 0 Å². The zero-order valence-corrected chi connectivity index (χ0v) is 17.1. The first-order chi connectivity index (χ1) is 13.9. The molecule has 1 aromatic carbocycles. The van der Waals surface area contributed by atoms with Crippen LogP contribution in [0.15, 0.2) is 41.2 Å². The van der Waals surface area contributed by atoms with Crippen molar-refractivity contribution >= 4 is 11.7 Å². The van der Waals surface area contributed by atoms with Gasteiger partial charge in [0.15, 0.2) is 5.76 Å². The second-order valence-electron chi connectivity index (χ2n) is 8.79. The maximum absolute atomic E-state index is 13.3. The van der Waals surface area contributed by atoms with Crippen molar-refractivity contribution in [3.8, 4) is 17.1 Å². The van der Waals surface area contributed by atoms with Gasteiger partial charge >= 0.3 is 6.03 Å². The molecule has 2 aliphatic heterocycles. The first-order valence-electron chi connectivity index (χ1n) is 10.1. The van der Waals surface area contributed by atoms with Gasteiger partial charge in [-0.25, -0.2) is 9.78 Å². The SMILES string of the molecule is CC(C)(C)c1cc(-c2ncn3c2CN(C(=O)N2CCCC2)c2ccccc2-3)on1. The quantitative estimate of drug-likeness (QED) is 0.618. The Balaban J connectivity index is 1.58. The Morgan fingerprint density at radius 1 is 1.10 bits per heavy atom. The van der Waals surface area contributed by atoms with Gasteiger partial charge in [-0.05, 0) is 25.0 Å². The molecule has 0 N–H and O–H groups in total. The molecule has 2 aromatic heterocycles. The van der Waals surface area contributed by atoms with Crippen molar-refractivity contribution in [1.29, 1.82) is 0 Å². The normalized spacial score (nSPS) is 16.1. The van der Waals surface area contributed by atoms with E-state index in [0.717, 1.165) is 54.4 Å². The molecule has 0 aliphatic carbocycles. The van der Waals surface area contributed by atoms with Crippen molar-refractivity contribution in [2.24, 2.45) is 0 Å². The Hall–Kier alpha value is -3.09. The van der Waals surface area contributed by atoms with Gasteiger partial charge in [-0.1, -0.05) is 38.1 Å². The molecule has 0 saturated carbocycles. The molecule has 1 saturated heterocycles. The van der Waals surface area contributed by atoms with Gasteiger partial charge in [-0.15, -0.1) is 0 Å². The minimum Gasteiger partial charge on any atom is -0.354 e. The third kappa shape index (κ3) is 2.92. The molecule has 3 aromatic rings. The Morgan fingerprint density at radius 3 is 2.52 bits per heavy atom. The van der Waals surface area contributed by atoms with Crippen molar-refractivity contribution in [2.45, 2.75) is 45.6 Å². The Morgan fingerprint density at radius 2 is 1.83 bits per heavy atom. The fourth-order valence-corrected chi connectivity index (χ4v) is 4.06. The largest absolute Gasteiger partial charge is 0.354 e. The lowest BCUT2D eigenvalue weighted by atomic mass is 9.92. The van der Waals surface area contributed by atoms with Gasteiger partial charge in [0.1, 0.15) is 12.0 Å². The van der Waals surface area contributed by atoms with E-state index in [1.54, 1.807) is 6.33 Å². The molecule has 2 aliphatic rings. The predicted molar refractivity (Wildman–Crippen MR) is 110 cm³/mol. The fraction of sp³-hybridized carbons (Fsp3) is 0.409. The van der Waals surface area contributed by atoms with Gasteiger partial charge in [0.2, 0.25) is 0 Å². The fourth-order valence-electron chi connectivity index (χ4n) is 4.06. The summed E-state index contributed by atoms with van der Waals surface area (Å²) in [5, 5.41) is 4.24. The van der Waals surface area contributed by atoms with Crippen LogP contribution in [0.25, 0.3) is 17.1 Å². The standard InChI is InChI=1S/C22H25N5O2/c1-22(2,3)19-12-18(29-24-19)20-17-13-26(21(28)25-10-6-7-11-25)15-8-4-5-9-16(15)27(17)14-23-20/h4-5,8-9,12,14H,6-7,10-11,13H2,1-3H3. The average Bonchev–Trinajstić information content (AvgIpc) is 3.46. The molecular formula is C22H25N5O2. The number of amides is 2. The maximum atomic E-state index is 13.3. The van der Waals surface area contributed by atoms with Crippen LogP contribution in [0.3, 0.4) is 0 Å². The van der Waals surface area contributed by atoms with Crippen LogP contribution in [0.2, 0.25) is 0 Å². The van der Waals surface area contributed by atoms with Crippen molar-refractivity contribution in [2.75, 3.05) is 18.0 Å². The average molecular weight is 391 g/mol. The molecule has 7 heteroatoms. The predicted octanol–water partition coefficient (Wildman–Crippen LogP) is 4.36. The van der Waals surface area contributed by atoms with E-state index < -0.39 is 0 Å². The number of hydrogen-bond donors (Lipinski definition) is 0. The van der Waals surface area contributed by atoms with Gasteiger partial charge in [-0.2, -0.15) is 0 Å². The van der Waals surface area contributed by atoms with E-state index in [1.165, 1.54) is 0 Å². The van der Waals surface area contributed by atoms with E-state index in [1.807, 2.05) is 40.1 Å². The number of nitrogens with zero attached hydrogens (tertiary/aromatic N) is 5. The molecule has 150 valence electrons. The molecule has 0 unspecified atom stereocenters. The number of imidazole rings is 1. The molecular weight excluding hydrogens is 366 g/mol. The Kier molecular flexibility index (Phi) is 4.01. The van der Waals surface area contributed by atoms with Gasteiger partial charge in [0, 0.05) is 24.6 Å². The third-order valence-corrected chi connectivity index (χ3v) is 5.73. The number of rotatable bonds is 1. The lowest BCUT2D eigenvalue weighted by Gasteiger charge is -2.33. The minimum absolute atomic E-state index is 0.0568. The van der Waals surface area contributed by atoms with E-state index in [-0.39, 0.29) is 11.4 Å². The molecule has 0 bridgehead atoms. The number of fused-ring (bicyclic) bond motifs is 3. The second-order valence-corrected chi connectivity index (χ2v) is 8.79. The highest BCUT2D eigenvalue weighted by molar-refractivity contribution is 5.95. The van der Waals surface area contributed by atoms with Crippen LogP contribution in [-0.4, -0.2) is 38.7 Å². The zero-order valence-electron chi connectivity index (χ0n) is 17.1. The second kappa shape index (κ2) is 6.47. The zero-order chi connectivity index (χ0) is 20.2. The summed E-state index contributed by atoms with van der Waals surface area (Å²) in [5.74, 6) is 0.636.